The van der Waals surface area contributed by atoms with Gasteiger partial charge in [0.05, 0.1) is 11.9 Å². The molecule has 6 heteroatoms. The first-order chi connectivity index (χ1) is 8.97. The third kappa shape index (κ3) is 2.97. The molecule has 0 saturated carbocycles. The van der Waals surface area contributed by atoms with Gasteiger partial charge in [0.1, 0.15) is 11.9 Å². The molecule has 0 fully saturated rings. The fourth-order valence-electron chi connectivity index (χ4n) is 1.70. The molecule has 0 spiro atoms. The third-order valence-electron chi connectivity index (χ3n) is 2.75. The van der Waals surface area contributed by atoms with E-state index in [9.17, 15) is 9.18 Å². The zero-order valence-corrected chi connectivity index (χ0v) is 10.7. The molecule has 1 amide bonds. The lowest BCUT2D eigenvalue weighted by Crippen LogP contribution is -2.27. The summed E-state index contributed by atoms with van der Waals surface area (Å²) in [6.07, 6.45) is 3.16. The highest BCUT2D eigenvalue weighted by molar-refractivity contribution is 5.95. The van der Waals surface area contributed by atoms with Crippen molar-refractivity contribution in [2.45, 2.75) is 13.0 Å². The maximum Gasteiger partial charge on any atom is 0.246 e. The molecule has 19 heavy (non-hydrogen) atoms. The Kier molecular flexibility index (Phi) is 3.62. The number of aryl methyl sites for hydroxylation is 2. The van der Waals surface area contributed by atoms with Gasteiger partial charge in [0.15, 0.2) is 0 Å². The van der Waals surface area contributed by atoms with Crippen molar-refractivity contribution >= 4 is 11.6 Å². The van der Waals surface area contributed by atoms with Crippen LogP contribution in [0.2, 0.25) is 0 Å². The SMILES string of the molecule is Cc1ccc(F)c(NC(=O)C(N)c2cnn(C)c2)c1. The lowest BCUT2D eigenvalue weighted by Gasteiger charge is -2.11. The van der Waals surface area contributed by atoms with Gasteiger partial charge in [-0.2, -0.15) is 5.10 Å². The number of rotatable bonds is 3. The van der Waals surface area contributed by atoms with Gasteiger partial charge in [0.25, 0.3) is 0 Å². The molecule has 1 unspecified atom stereocenters. The molecule has 1 atom stereocenters. The molecular formula is C13H15FN4O. The first kappa shape index (κ1) is 13.2. The van der Waals surface area contributed by atoms with Crippen LogP contribution in [0.25, 0.3) is 0 Å². The van der Waals surface area contributed by atoms with E-state index in [0.717, 1.165) is 5.56 Å². The number of nitrogens with two attached hydrogens (primary N) is 1. The zero-order valence-electron chi connectivity index (χ0n) is 10.7. The van der Waals surface area contributed by atoms with E-state index in [0.29, 0.717) is 5.56 Å². The summed E-state index contributed by atoms with van der Waals surface area (Å²) in [4.78, 5) is 11.9. The summed E-state index contributed by atoms with van der Waals surface area (Å²) < 4.78 is 15.1. The van der Waals surface area contributed by atoms with Crippen LogP contribution in [0.4, 0.5) is 10.1 Å². The van der Waals surface area contributed by atoms with E-state index >= 15 is 0 Å². The number of aromatic nitrogens is 2. The van der Waals surface area contributed by atoms with E-state index in [4.69, 9.17) is 5.73 Å². The van der Waals surface area contributed by atoms with E-state index in [-0.39, 0.29) is 5.69 Å². The van der Waals surface area contributed by atoms with Gasteiger partial charge in [-0.1, -0.05) is 6.07 Å². The van der Waals surface area contributed by atoms with E-state index in [1.54, 1.807) is 30.1 Å². The summed E-state index contributed by atoms with van der Waals surface area (Å²) >= 11 is 0. The van der Waals surface area contributed by atoms with Crippen LogP contribution in [0, 0.1) is 12.7 Å². The molecule has 1 heterocycles. The van der Waals surface area contributed by atoms with Crippen molar-refractivity contribution < 1.29 is 9.18 Å². The second-order valence-electron chi connectivity index (χ2n) is 4.40. The lowest BCUT2D eigenvalue weighted by molar-refractivity contribution is -0.117. The number of anilines is 1. The summed E-state index contributed by atoms with van der Waals surface area (Å²) in [6, 6.07) is 3.61. The zero-order chi connectivity index (χ0) is 14.0. The predicted molar refractivity (Wildman–Crippen MR) is 69.9 cm³/mol. The number of carbonyl (C=O) groups is 1. The summed E-state index contributed by atoms with van der Waals surface area (Å²) in [5.74, 6) is -0.963. The minimum atomic E-state index is -0.881. The smallest absolute Gasteiger partial charge is 0.246 e. The number of nitrogens with one attached hydrogen (secondary N) is 1. The molecule has 0 saturated heterocycles. The van der Waals surface area contributed by atoms with E-state index in [1.165, 1.54) is 12.3 Å². The van der Waals surface area contributed by atoms with Crippen LogP contribution in [0.3, 0.4) is 0 Å². The lowest BCUT2D eigenvalue weighted by atomic mass is 10.1. The Hall–Kier alpha value is -2.21. The highest BCUT2D eigenvalue weighted by atomic mass is 19.1. The first-order valence-electron chi connectivity index (χ1n) is 5.78. The van der Waals surface area contributed by atoms with Crippen molar-refractivity contribution in [1.82, 2.24) is 9.78 Å². The Morgan fingerprint density at radius 1 is 1.53 bits per heavy atom. The molecular weight excluding hydrogens is 247 g/mol. The molecule has 0 aliphatic heterocycles. The fourth-order valence-corrected chi connectivity index (χ4v) is 1.70. The van der Waals surface area contributed by atoms with E-state index in [2.05, 4.69) is 10.4 Å². The van der Waals surface area contributed by atoms with Crippen LogP contribution in [0.15, 0.2) is 30.6 Å². The van der Waals surface area contributed by atoms with Gasteiger partial charge in [-0.25, -0.2) is 4.39 Å². The van der Waals surface area contributed by atoms with Crippen molar-refractivity contribution in [3.8, 4) is 0 Å². The summed E-state index contributed by atoms with van der Waals surface area (Å²) in [5.41, 5.74) is 7.36. The van der Waals surface area contributed by atoms with Gasteiger partial charge in [-0.15, -0.1) is 0 Å². The molecule has 0 radical (unpaired) electrons. The van der Waals surface area contributed by atoms with Gasteiger partial charge < -0.3 is 11.1 Å². The Morgan fingerprint density at radius 3 is 2.89 bits per heavy atom. The van der Waals surface area contributed by atoms with Crippen molar-refractivity contribution in [3.63, 3.8) is 0 Å². The average molecular weight is 262 g/mol. The number of hydrogen-bond acceptors (Lipinski definition) is 3. The van der Waals surface area contributed by atoms with Crippen molar-refractivity contribution in [2.24, 2.45) is 12.8 Å². The number of nitrogens with zero attached hydrogens (tertiary/aromatic N) is 2. The second-order valence-corrected chi connectivity index (χ2v) is 4.40. The molecule has 2 aromatic rings. The number of carbonyl (C=O) groups excluding carboxylic acids is 1. The Morgan fingerprint density at radius 2 is 2.26 bits per heavy atom. The minimum Gasteiger partial charge on any atom is -0.322 e. The van der Waals surface area contributed by atoms with E-state index < -0.39 is 17.8 Å². The normalized spacial score (nSPS) is 12.2. The van der Waals surface area contributed by atoms with Gasteiger partial charge in [0.2, 0.25) is 5.91 Å². The molecule has 3 N–H and O–H groups in total. The standard InChI is InChI=1S/C13H15FN4O/c1-8-3-4-10(14)11(5-8)17-13(19)12(15)9-6-16-18(2)7-9/h3-7,12H,15H2,1-2H3,(H,17,19). The van der Waals surface area contributed by atoms with Crippen LogP contribution in [-0.2, 0) is 11.8 Å². The first-order valence-corrected chi connectivity index (χ1v) is 5.78. The Balaban J connectivity index is 2.14. The number of amides is 1. The second kappa shape index (κ2) is 5.19. The summed E-state index contributed by atoms with van der Waals surface area (Å²) in [5, 5.41) is 6.42. The van der Waals surface area contributed by atoms with Crippen molar-refractivity contribution in [2.75, 3.05) is 5.32 Å². The Labute approximate surface area is 110 Å². The maximum atomic E-state index is 13.5. The monoisotopic (exact) mass is 262 g/mol. The van der Waals surface area contributed by atoms with Crippen LogP contribution >= 0.6 is 0 Å². The topological polar surface area (TPSA) is 72.9 Å². The summed E-state index contributed by atoms with van der Waals surface area (Å²) in [6.45, 7) is 1.82. The van der Waals surface area contributed by atoms with Crippen LogP contribution in [-0.4, -0.2) is 15.7 Å². The highest BCUT2D eigenvalue weighted by Gasteiger charge is 2.18. The maximum absolute atomic E-state index is 13.5. The minimum absolute atomic E-state index is 0.129. The van der Waals surface area contributed by atoms with Gasteiger partial charge >= 0.3 is 0 Å². The van der Waals surface area contributed by atoms with Gasteiger partial charge in [-0.05, 0) is 24.6 Å². The van der Waals surface area contributed by atoms with E-state index in [1.807, 2.05) is 6.92 Å². The quantitative estimate of drug-likeness (QED) is 0.880. The molecule has 2 rings (SSSR count). The molecule has 100 valence electrons. The highest BCUT2D eigenvalue weighted by Crippen LogP contribution is 2.18. The molecule has 0 bridgehead atoms. The molecule has 0 aliphatic rings. The van der Waals surface area contributed by atoms with Crippen molar-refractivity contribution in [3.05, 3.63) is 47.5 Å². The third-order valence-corrected chi connectivity index (χ3v) is 2.75. The van der Waals surface area contributed by atoms with Crippen LogP contribution in [0.5, 0.6) is 0 Å². The van der Waals surface area contributed by atoms with Crippen LogP contribution in [0.1, 0.15) is 17.2 Å². The average Bonchev–Trinajstić information content (AvgIpc) is 2.79. The largest absolute Gasteiger partial charge is 0.322 e. The molecule has 1 aromatic carbocycles. The molecule has 0 aliphatic carbocycles. The summed E-state index contributed by atoms with van der Waals surface area (Å²) in [7, 11) is 1.73. The number of hydrogen-bond donors (Lipinski definition) is 2. The Bertz CT molecular complexity index is 608. The van der Waals surface area contributed by atoms with Crippen molar-refractivity contribution in [1.29, 1.82) is 0 Å². The van der Waals surface area contributed by atoms with Gasteiger partial charge in [0, 0.05) is 18.8 Å². The predicted octanol–water partition coefficient (Wildman–Crippen LogP) is 1.51. The van der Waals surface area contributed by atoms with Crippen LogP contribution < -0.4 is 11.1 Å². The fraction of sp³-hybridized carbons (Fsp3) is 0.231. The number of benzene rings is 1. The number of halogens is 1. The molecule has 1 aromatic heterocycles. The molecule has 5 nitrogen and oxygen atoms in total. The van der Waals surface area contributed by atoms with Gasteiger partial charge in [-0.3, -0.25) is 9.48 Å².